The van der Waals surface area contributed by atoms with Crippen LogP contribution in [0.1, 0.15) is 20.7 Å². The first-order chi connectivity index (χ1) is 11.0. The zero-order chi connectivity index (χ0) is 16.8. The molecule has 5 nitrogen and oxygen atoms in total. The van der Waals surface area contributed by atoms with Crippen LogP contribution in [0.3, 0.4) is 0 Å². The number of hydrogen-bond acceptors (Lipinski definition) is 3. The molecule has 0 atom stereocenters. The van der Waals surface area contributed by atoms with Crippen molar-refractivity contribution >= 4 is 34.8 Å². The molecular formula is C17H17N3O2S. The van der Waals surface area contributed by atoms with Gasteiger partial charge in [0.05, 0.1) is 0 Å². The molecule has 0 aromatic heterocycles. The van der Waals surface area contributed by atoms with E-state index < -0.39 is 0 Å². The molecule has 0 aliphatic carbocycles. The minimum absolute atomic E-state index is 0.104. The summed E-state index contributed by atoms with van der Waals surface area (Å²) < 4.78 is 0. The predicted octanol–water partition coefficient (Wildman–Crippen LogP) is 2.52. The molecule has 0 aliphatic heterocycles. The highest BCUT2D eigenvalue weighted by Gasteiger charge is 2.10. The highest BCUT2D eigenvalue weighted by molar-refractivity contribution is 7.80. The lowest BCUT2D eigenvalue weighted by molar-refractivity contribution is 0.0827. The van der Waals surface area contributed by atoms with E-state index in [0.717, 1.165) is 0 Å². The van der Waals surface area contributed by atoms with Crippen molar-refractivity contribution in [2.24, 2.45) is 0 Å². The Kier molecular flexibility index (Phi) is 5.43. The monoisotopic (exact) mass is 327 g/mol. The van der Waals surface area contributed by atoms with Gasteiger partial charge >= 0.3 is 0 Å². The maximum Gasteiger partial charge on any atom is 0.257 e. The van der Waals surface area contributed by atoms with E-state index in [4.69, 9.17) is 12.2 Å². The Labute approximate surface area is 140 Å². The van der Waals surface area contributed by atoms with Crippen molar-refractivity contribution in [2.75, 3.05) is 19.4 Å². The van der Waals surface area contributed by atoms with Crippen LogP contribution in [-0.2, 0) is 0 Å². The largest absolute Gasteiger partial charge is 0.345 e. The molecule has 0 saturated carbocycles. The molecule has 23 heavy (non-hydrogen) atoms. The summed E-state index contributed by atoms with van der Waals surface area (Å²) in [6.45, 7) is 0. The lowest BCUT2D eigenvalue weighted by Crippen LogP contribution is -2.34. The Balaban J connectivity index is 2.02. The molecule has 2 aromatic carbocycles. The summed E-state index contributed by atoms with van der Waals surface area (Å²) in [4.78, 5) is 25.4. The first-order valence-electron chi connectivity index (χ1n) is 6.96. The van der Waals surface area contributed by atoms with E-state index in [1.165, 1.54) is 4.90 Å². The molecule has 2 aromatic rings. The SMILES string of the molecule is CN(C)C(=O)c1cccc(NC(=S)NC(=O)c2ccccc2)c1. The number of carbonyl (C=O) groups is 2. The highest BCUT2D eigenvalue weighted by Crippen LogP contribution is 2.12. The van der Waals surface area contributed by atoms with Gasteiger partial charge < -0.3 is 10.2 Å². The molecule has 0 aliphatic rings. The molecular weight excluding hydrogens is 310 g/mol. The first-order valence-corrected chi connectivity index (χ1v) is 7.37. The molecule has 0 fully saturated rings. The second kappa shape index (κ2) is 7.51. The van der Waals surface area contributed by atoms with E-state index in [9.17, 15) is 9.59 Å². The number of anilines is 1. The van der Waals surface area contributed by atoms with Gasteiger partial charge in [0.15, 0.2) is 5.11 Å². The third-order valence-corrected chi connectivity index (χ3v) is 3.24. The summed E-state index contributed by atoms with van der Waals surface area (Å²) in [6, 6.07) is 15.7. The lowest BCUT2D eigenvalue weighted by atomic mass is 10.2. The fourth-order valence-electron chi connectivity index (χ4n) is 1.92. The molecule has 0 heterocycles. The Bertz CT molecular complexity index is 730. The summed E-state index contributed by atoms with van der Waals surface area (Å²) in [5.41, 5.74) is 1.70. The van der Waals surface area contributed by atoms with Gasteiger partial charge in [0.1, 0.15) is 0 Å². The van der Waals surface area contributed by atoms with Crippen LogP contribution >= 0.6 is 12.2 Å². The topological polar surface area (TPSA) is 61.4 Å². The zero-order valence-electron chi connectivity index (χ0n) is 12.9. The number of carbonyl (C=O) groups excluding carboxylic acids is 2. The fourth-order valence-corrected chi connectivity index (χ4v) is 2.13. The van der Waals surface area contributed by atoms with Crippen LogP contribution in [0.4, 0.5) is 5.69 Å². The zero-order valence-corrected chi connectivity index (χ0v) is 13.7. The molecule has 6 heteroatoms. The summed E-state index contributed by atoms with van der Waals surface area (Å²) >= 11 is 5.13. The van der Waals surface area contributed by atoms with E-state index in [-0.39, 0.29) is 16.9 Å². The van der Waals surface area contributed by atoms with Gasteiger partial charge in [0.25, 0.3) is 11.8 Å². The quantitative estimate of drug-likeness (QED) is 0.851. The number of amides is 2. The molecule has 0 spiro atoms. The van der Waals surface area contributed by atoms with Crippen LogP contribution in [0.15, 0.2) is 54.6 Å². The van der Waals surface area contributed by atoms with Crippen LogP contribution in [-0.4, -0.2) is 35.9 Å². The van der Waals surface area contributed by atoms with Crippen molar-refractivity contribution in [3.05, 3.63) is 65.7 Å². The normalized spacial score (nSPS) is 9.83. The molecule has 2 N–H and O–H groups in total. The van der Waals surface area contributed by atoms with Crippen molar-refractivity contribution in [1.82, 2.24) is 10.2 Å². The van der Waals surface area contributed by atoms with Crippen molar-refractivity contribution in [1.29, 1.82) is 0 Å². The van der Waals surface area contributed by atoms with Crippen molar-refractivity contribution in [3.8, 4) is 0 Å². The van der Waals surface area contributed by atoms with Gasteiger partial charge in [0.2, 0.25) is 0 Å². The Morgan fingerprint density at radius 2 is 1.61 bits per heavy atom. The van der Waals surface area contributed by atoms with E-state index in [1.54, 1.807) is 62.6 Å². The highest BCUT2D eigenvalue weighted by atomic mass is 32.1. The van der Waals surface area contributed by atoms with Gasteiger partial charge in [-0.2, -0.15) is 0 Å². The lowest BCUT2D eigenvalue weighted by Gasteiger charge is -2.13. The Morgan fingerprint density at radius 1 is 0.957 bits per heavy atom. The summed E-state index contributed by atoms with van der Waals surface area (Å²) in [6.07, 6.45) is 0. The Hall–Kier alpha value is -2.73. The van der Waals surface area contributed by atoms with Crippen molar-refractivity contribution < 1.29 is 9.59 Å². The minimum atomic E-state index is -0.288. The number of hydrogen-bond donors (Lipinski definition) is 2. The average Bonchev–Trinajstić information content (AvgIpc) is 2.55. The number of nitrogens with one attached hydrogen (secondary N) is 2. The molecule has 0 saturated heterocycles. The van der Waals surface area contributed by atoms with Crippen LogP contribution in [0.25, 0.3) is 0 Å². The molecule has 0 unspecified atom stereocenters. The van der Waals surface area contributed by atoms with Crippen LogP contribution in [0.5, 0.6) is 0 Å². The predicted molar refractivity (Wildman–Crippen MR) is 94.6 cm³/mol. The maximum atomic E-state index is 12.0. The van der Waals surface area contributed by atoms with Crippen LogP contribution in [0.2, 0.25) is 0 Å². The van der Waals surface area contributed by atoms with Crippen LogP contribution < -0.4 is 10.6 Å². The van der Waals surface area contributed by atoms with Gasteiger partial charge in [-0.15, -0.1) is 0 Å². The second-order valence-electron chi connectivity index (χ2n) is 5.05. The summed E-state index contributed by atoms with van der Waals surface area (Å²) in [5.74, 6) is -0.392. The minimum Gasteiger partial charge on any atom is -0.345 e. The number of nitrogens with zero attached hydrogens (tertiary/aromatic N) is 1. The van der Waals surface area contributed by atoms with Gasteiger partial charge in [-0.05, 0) is 42.5 Å². The maximum absolute atomic E-state index is 12.0. The van der Waals surface area contributed by atoms with Gasteiger partial charge in [-0.3, -0.25) is 14.9 Å². The number of thiocarbonyl (C=S) groups is 1. The Morgan fingerprint density at radius 3 is 2.26 bits per heavy atom. The molecule has 0 radical (unpaired) electrons. The number of benzene rings is 2. The third-order valence-electron chi connectivity index (χ3n) is 3.04. The van der Waals surface area contributed by atoms with Crippen molar-refractivity contribution in [2.45, 2.75) is 0 Å². The molecule has 118 valence electrons. The van der Waals surface area contributed by atoms with E-state index in [2.05, 4.69) is 10.6 Å². The molecule has 2 amide bonds. The first kappa shape index (κ1) is 16.6. The van der Waals surface area contributed by atoms with Gasteiger partial charge in [0, 0.05) is 30.9 Å². The van der Waals surface area contributed by atoms with Crippen LogP contribution in [0, 0.1) is 0 Å². The standard InChI is InChI=1S/C17H17N3O2S/c1-20(2)16(22)13-9-6-10-14(11-13)18-17(23)19-15(21)12-7-4-3-5-8-12/h3-11H,1-2H3,(H2,18,19,21,23). The second-order valence-corrected chi connectivity index (χ2v) is 5.46. The van der Waals surface area contributed by atoms with E-state index in [1.807, 2.05) is 6.07 Å². The van der Waals surface area contributed by atoms with E-state index in [0.29, 0.717) is 16.8 Å². The van der Waals surface area contributed by atoms with Gasteiger partial charge in [-0.1, -0.05) is 24.3 Å². The van der Waals surface area contributed by atoms with E-state index >= 15 is 0 Å². The fraction of sp³-hybridized carbons (Fsp3) is 0.118. The molecule has 2 rings (SSSR count). The smallest absolute Gasteiger partial charge is 0.257 e. The third kappa shape index (κ3) is 4.62. The van der Waals surface area contributed by atoms with Gasteiger partial charge in [-0.25, -0.2) is 0 Å². The number of rotatable bonds is 3. The molecule has 0 bridgehead atoms. The van der Waals surface area contributed by atoms with Crippen molar-refractivity contribution in [3.63, 3.8) is 0 Å². The summed E-state index contributed by atoms with van der Waals surface area (Å²) in [7, 11) is 3.38. The average molecular weight is 327 g/mol. The summed E-state index contributed by atoms with van der Waals surface area (Å²) in [5, 5.41) is 5.68.